The van der Waals surface area contributed by atoms with Crippen molar-refractivity contribution in [1.29, 1.82) is 0 Å². The van der Waals surface area contributed by atoms with Crippen LogP contribution in [-0.2, 0) is 20.9 Å². The van der Waals surface area contributed by atoms with E-state index in [0.29, 0.717) is 19.5 Å². The highest BCUT2D eigenvalue weighted by Crippen LogP contribution is 2.40. The quantitative estimate of drug-likeness (QED) is 0.413. The summed E-state index contributed by atoms with van der Waals surface area (Å²) in [7, 11) is 1.51. The van der Waals surface area contributed by atoms with Gasteiger partial charge in [-0.2, -0.15) is 3.89 Å². The maximum Gasteiger partial charge on any atom is 0.325 e. The van der Waals surface area contributed by atoms with Crippen LogP contribution in [0.4, 0.5) is 0 Å². The molecule has 2 fully saturated rings. The highest BCUT2D eigenvalue weighted by molar-refractivity contribution is 7.95. The van der Waals surface area contributed by atoms with Crippen molar-refractivity contribution >= 4 is 29.7 Å². The molecule has 2 aliphatic heterocycles. The van der Waals surface area contributed by atoms with E-state index in [2.05, 4.69) is 0 Å². The van der Waals surface area contributed by atoms with E-state index in [4.69, 9.17) is 4.74 Å². The van der Waals surface area contributed by atoms with Gasteiger partial charge in [0.1, 0.15) is 23.3 Å². The lowest BCUT2D eigenvalue weighted by Crippen LogP contribution is -2.44. The van der Waals surface area contributed by atoms with Gasteiger partial charge in [-0.1, -0.05) is 18.2 Å². The number of amides is 3. The van der Waals surface area contributed by atoms with Crippen molar-refractivity contribution in [3.8, 4) is 11.5 Å². The average molecular weight is 412 g/mol. The second-order valence-electron chi connectivity index (χ2n) is 7.42. The molecule has 2 aromatic rings. The Hall–Kier alpha value is -2.64. The summed E-state index contributed by atoms with van der Waals surface area (Å²) < 4.78 is 5.99. The Bertz CT molecular complexity index is 932. The van der Waals surface area contributed by atoms with Gasteiger partial charge >= 0.3 is 5.91 Å². The summed E-state index contributed by atoms with van der Waals surface area (Å²) in [6.45, 7) is 1.17. The molecule has 4 rings (SSSR count). The molecule has 2 saturated heterocycles. The molecule has 0 bridgehead atoms. The van der Waals surface area contributed by atoms with Crippen molar-refractivity contribution in [3.05, 3.63) is 60.2 Å². The molecule has 0 radical (unpaired) electrons. The van der Waals surface area contributed by atoms with Crippen LogP contribution in [0.15, 0.2) is 54.6 Å². The lowest BCUT2D eigenvalue weighted by Gasteiger charge is -2.30. The van der Waals surface area contributed by atoms with Crippen molar-refractivity contribution < 1.29 is 23.0 Å². The number of likely N-dealkylation sites (tertiary alicyclic amines) is 2. The third-order valence-electron chi connectivity index (χ3n) is 5.37. The number of imide groups is 1. The van der Waals surface area contributed by atoms with Gasteiger partial charge in [0, 0.05) is 19.0 Å². The van der Waals surface area contributed by atoms with Gasteiger partial charge in [0.05, 0.1) is 31.3 Å². The average Bonchev–Trinajstić information content (AvgIpc) is 3.19. The number of hydrogen-bond acceptors (Lipinski definition) is 5. The molecule has 7 heteroatoms. The number of ether oxygens (including phenoxy) is 1. The Kier molecular flexibility index (Phi) is 5.43. The number of nitrogens with zero attached hydrogens (tertiary/aromatic N) is 2. The number of benzene rings is 2. The van der Waals surface area contributed by atoms with Crippen LogP contribution >= 0.6 is 11.9 Å². The first-order chi connectivity index (χ1) is 14.0. The fourth-order valence-corrected chi connectivity index (χ4v) is 5.38. The van der Waals surface area contributed by atoms with E-state index in [1.165, 1.54) is 23.9 Å². The normalized spacial score (nSPS) is 24.4. The third kappa shape index (κ3) is 4.06. The number of hydrogen-bond donors (Lipinski definition) is 0. The van der Waals surface area contributed by atoms with Crippen LogP contribution in [0.1, 0.15) is 24.8 Å². The summed E-state index contributed by atoms with van der Waals surface area (Å²) >= 11 is 1.33. The topological polar surface area (TPSA) is 63.7 Å². The molecule has 0 N–H and O–H groups in total. The van der Waals surface area contributed by atoms with Gasteiger partial charge in [0.25, 0.3) is 0 Å². The summed E-state index contributed by atoms with van der Waals surface area (Å²) in [5, 5.41) is -0.491. The van der Waals surface area contributed by atoms with Crippen molar-refractivity contribution in [1.82, 2.24) is 4.90 Å². The Labute approximate surface area is 174 Å². The lowest BCUT2D eigenvalue weighted by atomic mass is 10.2. The summed E-state index contributed by atoms with van der Waals surface area (Å²) in [5.74, 6) is 1.23. The summed E-state index contributed by atoms with van der Waals surface area (Å²) in [5.41, 5.74) is 0.998. The van der Waals surface area contributed by atoms with E-state index < -0.39 is 5.25 Å². The minimum Gasteiger partial charge on any atom is -0.457 e. The molecule has 0 spiro atoms. The maximum atomic E-state index is 12.8. The fourth-order valence-electron chi connectivity index (χ4n) is 3.76. The van der Waals surface area contributed by atoms with Crippen molar-refractivity contribution in [2.45, 2.75) is 31.1 Å². The predicted molar refractivity (Wildman–Crippen MR) is 110 cm³/mol. The van der Waals surface area contributed by atoms with Crippen LogP contribution in [0.5, 0.6) is 11.5 Å². The van der Waals surface area contributed by atoms with Crippen LogP contribution in [-0.4, -0.2) is 45.4 Å². The summed E-state index contributed by atoms with van der Waals surface area (Å²) in [6, 6.07) is 17.3. The molecule has 0 aromatic heterocycles. The zero-order chi connectivity index (χ0) is 20.4. The van der Waals surface area contributed by atoms with E-state index in [1.807, 2.05) is 54.6 Å². The van der Waals surface area contributed by atoms with Gasteiger partial charge in [-0.25, -0.2) is 4.79 Å². The van der Waals surface area contributed by atoms with Crippen molar-refractivity contribution in [2.75, 3.05) is 13.6 Å². The molecule has 3 amide bonds. The summed E-state index contributed by atoms with van der Waals surface area (Å²) in [4.78, 5) is 38.2. The maximum absolute atomic E-state index is 12.8. The molecule has 2 aromatic carbocycles. The van der Waals surface area contributed by atoms with Crippen LogP contribution in [0.3, 0.4) is 0 Å². The van der Waals surface area contributed by atoms with Crippen LogP contribution in [0, 0.1) is 0 Å². The van der Waals surface area contributed by atoms with Gasteiger partial charge < -0.3 is 4.74 Å². The first kappa shape index (κ1) is 19.7. The van der Waals surface area contributed by atoms with E-state index >= 15 is 0 Å². The summed E-state index contributed by atoms with van der Waals surface area (Å²) in [6.07, 6.45) is 1.47. The lowest BCUT2D eigenvalue weighted by molar-refractivity contribution is -0.721. The Morgan fingerprint density at radius 2 is 1.72 bits per heavy atom. The van der Waals surface area contributed by atoms with E-state index in [1.54, 1.807) is 0 Å². The van der Waals surface area contributed by atoms with Gasteiger partial charge in [-0.05, 0) is 36.4 Å². The molecule has 6 nitrogen and oxygen atoms in total. The van der Waals surface area contributed by atoms with Gasteiger partial charge in [0.15, 0.2) is 0 Å². The zero-order valence-electron chi connectivity index (χ0n) is 16.2. The molecule has 150 valence electrons. The van der Waals surface area contributed by atoms with E-state index in [-0.39, 0.29) is 28.0 Å². The second kappa shape index (κ2) is 8.00. The number of para-hydroxylation sites is 1. The van der Waals surface area contributed by atoms with Gasteiger partial charge in [-0.3, -0.25) is 14.5 Å². The highest BCUT2D eigenvalue weighted by Gasteiger charge is 2.50. The minimum atomic E-state index is -0.491. The first-order valence-corrected chi connectivity index (χ1v) is 10.5. The van der Waals surface area contributed by atoms with Crippen LogP contribution in [0.25, 0.3) is 0 Å². The third-order valence-corrected chi connectivity index (χ3v) is 6.92. The predicted octanol–water partition coefficient (Wildman–Crippen LogP) is 3.52. The Balaban J connectivity index is 1.49. The monoisotopic (exact) mass is 411 g/mol. The van der Waals surface area contributed by atoms with Gasteiger partial charge in [0.2, 0.25) is 11.8 Å². The molecular formula is C22H23N2O4S+. The molecule has 0 aliphatic carbocycles. The Morgan fingerprint density at radius 1 is 1.03 bits per heavy atom. The Morgan fingerprint density at radius 3 is 2.31 bits per heavy atom. The number of rotatable bonds is 6. The second-order valence-corrected chi connectivity index (χ2v) is 8.90. The number of carbonyl (C=O) groups excluding carboxylic acids is 3. The molecular weight excluding hydrogens is 388 g/mol. The molecule has 2 unspecified atom stereocenters. The highest BCUT2D eigenvalue weighted by atomic mass is 32.2. The van der Waals surface area contributed by atoms with Gasteiger partial charge in [-0.15, -0.1) is 0 Å². The zero-order valence-corrected chi connectivity index (χ0v) is 17.1. The standard InChI is InChI=1S/C22H23N2O4S/c1-23-20(25)14-19(22(23)27)29-24(13-5-8-21(24)26)15-16-9-11-18(12-10-16)28-17-6-3-2-4-7-17/h2-4,6-7,9-12,19H,5,8,13-15H2,1H3/q+1. The van der Waals surface area contributed by atoms with Crippen LogP contribution in [0.2, 0.25) is 0 Å². The molecule has 29 heavy (non-hydrogen) atoms. The first-order valence-electron chi connectivity index (χ1n) is 9.68. The SMILES string of the molecule is CN1C(=O)CC(S[N+]2(Cc3ccc(Oc4ccccc4)cc3)CCCC2=O)C1=O. The molecule has 0 saturated carbocycles. The minimum absolute atomic E-state index is 0.120. The number of carbonyl (C=O) groups is 3. The number of quaternary nitrogens is 1. The fraction of sp³-hybridized carbons (Fsp3) is 0.318. The molecule has 2 atom stereocenters. The van der Waals surface area contributed by atoms with E-state index in [0.717, 1.165) is 23.5 Å². The smallest absolute Gasteiger partial charge is 0.325 e. The van der Waals surface area contributed by atoms with Crippen molar-refractivity contribution in [3.63, 3.8) is 0 Å². The molecule has 2 aliphatic rings. The van der Waals surface area contributed by atoms with Crippen LogP contribution < -0.4 is 4.74 Å². The largest absolute Gasteiger partial charge is 0.457 e. The van der Waals surface area contributed by atoms with E-state index in [9.17, 15) is 14.4 Å². The molecule has 2 heterocycles. The van der Waals surface area contributed by atoms with Crippen molar-refractivity contribution in [2.24, 2.45) is 0 Å².